The summed E-state index contributed by atoms with van der Waals surface area (Å²) in [5.74, 6) is 3.56. The first-order chi connectivity index (χ1) is 19.6. The molecule has 4 aromatic rings. The molecule has 0 atom stereocenters. The van der Waals surface area contributed by atoms with E-state index in [0.717, 1.165) is 46.7 Å². The minimum Gasteiger partial charge on any atom is -0.493 e. The topological polar surface area (TPSA) is 83.8 Å². The zero-order chi connectivity index (χ0) is 28.3. The lowest BCUT2D eigenvalue weighted by atomic mass is 10.1. The van der Waals surface area contributed by atoms with Crippen molar-refractivity contribution in [1.29, 1.82) is 0 Å². The van der Waals surface area contributed by atoms with Gasteiger partial charge in [0.2, 0.25) is 5.91 Å². The van der Waals surface area contributed by atoms with Crippen molar-refractivity contribution in [3.05, 3.63) is 83.7 Å². The van der Waals surface area contributed by atoms with Crippen LogP contribution in [0.5, 0.6) is 23.0 Å². The molecule has 8 nitrogen and oxygen atoms in total. The number of benzene rings is 3. The zero-order valence-corrected chi connectivity index (χ0v) is 23.6. The van der Waals surface area contributed by atoms with Crippen molar-refractivity contribution in [2.24, 2.45) is 0 Å². The van der Waals surface area contributed by atoms with E-state index in [1.54, 1.807) is 21.3 Å². The van der Waals surface area contributed by atoms with Gasteiger partial charge in [0, 0.05) is 19.5 Å². The quantitative estimate of drug-likeness (QED) is 0.213. The number of carbonyl (C=O) groups is 1. The minimum absolute atomic E-state index is 0.0577. The van der Waals surface area contributed by atoms with Gasteiger partial charge in [0.15, 0.2) is 23.0 Å². The first-order valence-electron chi connectivity index (χ1n) is 13.4. The van der Waals surface area contributed by atoms with Gasteiger partial charge in [-0.3, -0.25) is 4.79 Å². The highest BCUT2D eigenvalue weighted by atomic mass is 16.5. The predicted octanol–water partition coefficient (Wildman–Crippen LogP) is 5.47. The number of rotatable bonds is 14. The smallest absolute Gasteiger partial charge is 0.224 e. The molecule has 0 fully saturated rings. The highest BCUT2D eigenvalue weighted by Crippen LogP contribution is 2.29. The highest BCUT2D eigenvalue weighted by Gasteiger charge is 2.13. The summed E-state index contributed by atoms with van der Waals surface area (Å²) >= 11 is 0. The molecule has 1 N–H and O–H groups in total. The molecular formula is C32H37N3O5. The van der Waals surface area contributed by atoms with E-state index in [1.807, 2.05) is 73.7 Å². The van der Waals surface area contributed by atoms with Crippen LogP contribution in [0, 0.1) is 0 Å². The second-order valence-electron chi connectivity index (χ2n) is 9.25. The number of amides is 1. The Bertz CT molecular complexity index is 1460. The van der Waals surface area contributed by atoms with Crippen molar-refractivity contribution in [2.75, 3.05) is 34.5 Å². The Morgan fingerprint density at radius 3 is 2.45 bits per heavy atom. The molecule has 4 rings (SSSR count). The van der Waals surface area contributed by atoms with Gasteiger partial charge in [-0.15, -0.1) is 0 Å². The Morgan fingerprint density at radius 1 is 0.925 bits per heavy atom. The molecule has 0 saturated carbocycles. The molecule has 0 spiro atoms. The molecule has 8 heteroatoms. The average molecular weight is 544 g/mol. The molecule has 40 heavy (non-hydrogen) atoms. The predicted molar refractivity (Wildman–Crippen MR) is 158 cm³/mol. The number of aromatic nitrogens is 2. The van der Waals surface area contributed by atoms with Crippen LogP contribution in [0.25, 0.3) is 17.1 Å². The van der Waals surface area contributed by atoms with E-state index in [0.29, 0.717) is 36.8 Å². The lowest BCUT2D eigenvalue weighted by molar-refractivity contribution is -0.120. The maximum atomic E-state index is 12.6. The first kappa shape index (κ1) is 28.5. The normalized spacial score (nSPS) is 11.1. The van der Waals surface area contributed by atoms with Crippen LogP contribution in [0.15, 0.2) is 66.7 Å². The Balaban J connectivity index is 1.34. The second kappa shape index (κ2) is 14.1. The zero-order valence-electron chi connectivity index (χ0n) is 23.6. The van der Waals surface area contributed by atoms with E-state index < -0.39 is 0 Å². The molecule has 210 valence electrons. The number of nitrogens with zero attached hydrogens (tertiary/aromatic N) is 2. The van der Waals surface area contributed by atoms with Gasteiger partial charge in [-0.25, -0.2) is 4.98 Å². The van der Waals surface area contributed by atoms with Crippen LogP contribution >= 0.6 is 0 Å². The van der Waals surface area contributed by atoms with Crippen LogP contribution in [0.4, 0.5) is 0 Å². The molecule has 0 aliphatic heterocycles. The number of methoxy groups -OCH3 is 3. The number of carbonyl (C=O) groups excluding carboxylic acids is 1. The molecule has 0 unspecified atom stereocenters. The van der Waals surface area contributed by atoms with Gasteiger partial charge in [0.1, 0.15) is 5.82 Å². The van der Waals surface area contributed by atoms with Crippen LogP contribution in [0.3, 0.4) is 0 Å². The highest BCUT2D eigenvalue weighted by molar-refractivity contribution is 5.79. The summed E-state index contributed by atoms with van der Waals surface area (Å²) in [4.78, 5) is 17.5. The first-order valence-corrected chi connectivity index (χ1v) is 13.4. The molecule has 0 radical (unpaired) electrons. The van der Waals surface area contributed by atoms with Crippen LogP contribution < -0.4 is 24.3 Å². The Morgan fingerprint density at radius 2 is 1.68 bits per heavy atom. The summed E-state index contributed by atoms with van der Waals surface area (Å²) in [5.41, 5.74) is 3.94. The monoisotopic (exact) mass is 543 g/mol. The summed E-state index contributed by atoms with van der Waals surface area (Å²) in [7, 11) is 4.82. The maximum absolute atomic E-state index is 12.6. The molecule has 1 heterocycles. The number of imidazole rings is 1. The molecule has 1 amide bonds. The van der Waals surface area contributed by atoms with Crippen molar-refractivity contribution in [3.8, 4) is 23.0 Å². The molecule has 3 aromatic carbocycles. The van der Waals surface area contributed by atoms with Gasteiger partial charge in [-0.2, -0.15) is 0 Å². The van der Waals surface area contributed by atoms with Crippen LogP contribution in [-0.4, -0.2) is 49.9 Å². The van der Waals surface area contributed by atoms with Crippen LogP contribution in [-0.2, 0) is 24.2 Å². The van der Waals surface area contributed by atoms with Crippen molar-refractivity contribution < 1.29 is 23.7 Å². The number of nitrogens with one attached hydrogen (secondary N) is 1. The fourth-order valence-corrected chi connectivity index (χ4v) is 4.62. The Labute approximate surface area is 235 Å². The van der Waals surface area contributed by atoms with Gasteiger partial charge >= 0.3 is 0 Å². The molecular weight excluding hydrogens is 506 g/mol. The van der Waals surface area contributed by atoms with Crippen molar-refractivity contribution >= 4 is 23.0 Å². The Kier molecular flexibility index (Phi) is 10.0. The summed E-state index contributed by atoms with van der Waals surface area (Å²) in [6.45, 7) is 3.75. The number of ether oxygens (including phenoxy) is 4. The van der Waals surface area contributed by atoms with E-state index in [-0.39, 0.29) is 12.3 Å². The van der Waals surface area contributed by atoms with E-state index in [4.69, 9.17) is 23.9 Å². The third kappa shape index (κ3) is 7.14. The van der Waals surface area contributed by atoms with E-state index in [2.05, 4.69) is 16.0 Å². The lowest BCUT2D eigenvalue weighted by Crippen LogP contribution is -2.28. The van der Waals surface area contributed by atoms with E-state index in [1.165, 1.54) is 0 Å². The molecule has 0 aliphatic carbocycles. The third-order valence-corrected chi connectivity index (χ3v) is 6.55. The molecule has 0 saturated heterocycles. The fraction of sp³-hybridized carbons (Fsp3) is 0.312. The number of fused-ring (bicyclic) bond motifs is 1. The largest absolute Gasteiger partial charge is 0.493 e. The van der Waals surface area contributed by atoms with Gasteiger partial charge in [-0.05, 0) is 60.9 Å². The van der Waals surface area contributed by atoms with Gasteiger partial charge in [-0.1, -0.05) is 36.4 Å². The van der Waals surface area contributed by atoms with Crippen LogP contribution in [0.1, 0.15) is 30.3 Å². The molecule has 0 bridgehead atoms. The number of allylic oxidation sites excluding steroid dienone is 1. The summed E-state index contributed by atoms with van der Waals surface area (Å²) in [6, 6.07) is 19.5. The molecule has 0 aliphatic rings. The number of aryl methyl sites for hydroxylation is 1. The second-order valence-corrected chi connectivity index (χ2v) is 9.25. The Hall–Kier alpha value is -4.46. The number of para-hydroxylation sites is 2. The average Bonchev–Trinajstić information content (AvgIpc) is 3.32. The standard InChI is InChI=1S/C32H37N3O5/c1-5-9-23-12-15-28(30(20-23)39-4)40-19-8-18-35-26-11-7-6-10-25(26)34-31(35)16-17-33-32(36)22-24-13-14-27(37-2)29(21-24)38-3/h5-7,9-15,20-21H,8,16-19,22H2,1-4H3,(H,33,36)/b9-5+. The molecule has 1 aromatic heterocycles. The maximum Gasteiger partial charge on any atom is 0.224 e. The lowest BCUT2D eigenvalue weighted by Gasteiger charge is -2.13. The summed E-state index contributed by atoms with van der Waals surface area (Å²) in [5, 5.41) is 3.02. The van der Waals surface area contributed by atoms with Gasteiger partial charge in [0.25, 0.3) is 0 Å². The number of hydrogen-bond acceptors (Lipinski definition) is 6. The minimum atomic E-state index is -0.0577. The fourth-order valence-electron chi connectivity index (χ4n) is 4.62. The van der Waals surface area contributed by atoms with Crippen molar-refractivity contribution in [3.63, 3.8) is 0 Å². The van der Waals surface area contributed by atoms with Crippen molar-refractivity contribution in [1.82, 2.24) is 14.9 Å². The summed E-state index contributed by atoms with van der Waals surface area (Å²) in [6.07, 6.45) is 5.68. The van der Waals surface area contributed by atoms with Gasteiger partial charge in [0.05, 0.1) is 45.4 Å². The van der Waals surface area contributed by atoms with Crippen molar-refractivity contribution in [2.45, 2.75) is 32.7 Å². The van der Waals surface area contributed by atoms with E-state index >= 15 is 0 Å². The van der Waals surface area contributed by atoms with Gasteiger partial charge < -0.3 is 28.8 Å². The number of hydrogen-bond donors (Lipinski definition) is 1. The third-order valence-electron chi connectivity index (χ3n) is 6.55. The van der Waals surface area contributed by atoms with Crippen LogP contribution in [0.2, 0.25) is 0 Å². The SMILES string of the molecule is C/C=C/c1ccc(OCCCn2c(CCNC(=O)Cc3ccc(OC)c(OC)c3)nc3ccccc32)c(OC)c1. The van der Waals surface area contributed by atoms with E-state index in [9.17, 15) is 4.79 Å². The summed E-state index contributed by atoms with van der Waals surface area (Å²) < 4.78 is 24.4.